The van der Waals surface area contributed by atoms with E-state index < -0.39 is 0 Å². The molecule has 76 valence electrons. The van der Waals surface area contributed by atoms with Crippen LogP contribution in [0.15, 0.2) is 0 Å². The fourth-order valence-electron chi connectivity index (χ4n) is 2.44. The standard InChI is InChI=1S/C10H20N2O/c1-13-10-3-2-8(6-10)12-9-4-7(11)5-9/h7-10,12H,2-6,11H2,1H3. The van der Waals surface area contributed by atoms with Gasteiger partial charge in [-0.3, -0.25) is 0 Å². The van der Waals surface area contributed by atoms with Gasteiger partial charge in [-0.1, -0.05) is 0 Å². The molecule has 0 aromatic heterocycles. The van der Waals surface area contributed by atoms with Crippen LogP contribution in [-0.2, 0) is 4.74 Å². The van der Waals surface area contributed by atoms with Crippen LogP contribution in [0.1, 0.15) is 32.1 Å². The molecule has 3 N–H and O–H groups in total. The topological polar surface area (TPSA) is 47.3 Å². The molecule has 2 saturated carbocycles. The van der Waals surface area contributed by atoms with E-state index in [9.17, 15) is 0 Å². The molecular weight excluding hydrogens is 164 g/mol. The molecule has 0 saturated heterocycles. The summed E-state index contributed by atoms with van der Waals surface area (Å²) in [5, 5.41) is 3.65. The Hall–Kier alpha value is -0.120. The number of hydrogen-bond donors (Lipinski definition) is 2. The molecule has 3 nitrogen and oxygen atoms in total. The van der Waals surface area contributed by atoms with Crippen LogP contribution >= 0.6 is 0 Å². The van der Waals surface area contributed by atoms with Crippen LogP contribution in [0.5, 0.6) is 0 Å². The van der Waals surface area contributed by atoms with Gasteiger partial charge in [0.25, 0.3) is 0 Å². The summed E-state index contributed by atoms with van der Waals surface area (Å²) in [7, 11) is 1.81. The lowest BCUT2D eigenvalue weighted by atomic mass is 9.87. The van der Waals surface area contributed by atoms with Crippen LogP contribution in [0.2, 0.25) is 0 Å². The van der Waals surface area contributed by atoms with E-state index in [0.717, 1.165) is 12.8 Å². The molecule has 3 heteroatoms. The van der Waals surface area contributed by atoms with Gasteiger partial charge in [0.15, 0.2) is 0 Å². The first-order valence-corrected chi connectivity index (χ1v) is 5.32. The lowest BCUT2D eigenvalue weighted by molar-refractivity contribution is 0.105. The Kier molecular flexibility index (Phi) is 2.86. The lowest BCUT2D eigenvalue weighted by Gasteiger charge is -2.35. The number of nitrogens with two attached hydrogens (primary N) is 1. The van der Waals surface area contributed by atoms with Crippen LogP contribution in [0, 0.1) is 0 Å². The van der Waals surface area contributed by atoms with Crippen molar-refractivity contribution in [3.05, 3.63) is 0 Å². The highest BCUT2D eigenvalue weighted by atomic mass is 16.5. The highest BCUT2D eigenvalue weighted by Gasteiger charge is 2.31. The first kappa shape index (κ1) is 9.44. The number of nitrogens with one attached hydrogen (secondary N) is 1. The van der Waals surface area contributed by atoms with Gasteiger partial charge < -0.3 is 15.8 Å². The van der Waals surface area contributed by atoms with Gasteiger partial charge in [0.05, 0.1) is 6.10 Å². The van der Waals surface area contributed by atoms with Crippen molar-refractivity contribution in [2.75, 3.05) is 7.11 Å². The molecular formula is C10H20N2O. The predicted molar refractivity (Wildman–Crippen MR) is 52.6 cm³/mol. The van der Waals surface area contributed by atoms with E-state index in [-0.39, 0.29) is 0 Å². The summed E-state index contributed by atoms with van der Waals surface area (Å²) in [6.45, 7) is 0. The van der Waals surface area contributed by atoms with Crippen molar-refractivity contribution < 1.29 is 4.74 Å². The molecule has 2 aliphatic carbocycles. The van der Waals surface area contributed by atoms with Crippen molar-refractivity contribution in [3.63, 3.8) is 0 Å². The second kappa shape index (κ2) is 3.95. The molecule has 0 aromatic carbocycles. The summed E-state index contributed by atoms with van der Waals surface area (Å²) in [6.07, 6.45) is 6.48. The van der Waals surface area contributed by atoms with E-state index in [1.165, 1.54) is 19.3 Å². The first-order valence-electron chi connectivity index (χ1n) is 5.32. The highest BCUT2D eigenvalue weighted by Crippen LogP contribution is 2.25. The van der Waals surface area contributed by atoms with Gasteiger partial charge in [0, 0.05) is 25.2 Å². The van der Waals surface area contributed by atoms with E-state index in [4.69, 9.17) is 10.5 Å². The zero-order valence-electron chi connectivity index (χ0n) is 8.33. The largest absolute Gasteiger partial charge is 0.381 e. The molecule has 0 amide bonds. The van der Waals surface area contributed by atoms with Gasteiger partial charge in [-0.15, -0.1) is 0 Å². The summed E-state index contributed by atoms with van der Waals surface area (Å²) in [6, 6.07) is 1.83. The monoisotopic (exact) mass is 184 g/mol. The van der Waals surface area contributed by atoms with E-state index in [0.29, 0.717) is 24.2 Å². The molecule has 0 heterocycles. The van der Waals surface area contributed by atoms with Crippen LogP contribution in [0.3, 0.4) is 0 Å². The number of rotatable bonds is 3. The van der Waals surface area contributed by atoms with Crippen molar-refractivity contribution in [3.8, 4) is 0 Å². The third-order valence-corrected chi connectivity index (χ3v) is 3.36. The summed E-state index contributed by atoms with van der Waals surface area (Å²) in [4.78, 5) is 0. The Morgan fingerprint density at radius 3 is 2.46 bits per heavy atom. The lowest BCUT2D eigenvalue weighted by Crippen LogP contribution is -2.51. The quantitative estimate of drug-likeness (QED) is 0.676. The molecule has 0 aliphatic heterocycles. The van der Waals surface area contributed by atoms with E-state index >= 15 is 0 Å². The van der Waals surface area contributed by atoms with Crippen molar-refractivity contribution in [2.45, 2.75) is 56.3 Å². The molecule has 2 aliphatic rings. The number of methoxy groups -OCH3 is 1. The van der Waals surface area contributed by atoms with Gasteiger partial charge in [-0.25, -0.2) is 0 Å². The molecule has 0 radical (unpaired) electrons. The molecule has 2 atom stereocenters. The Morgan fingerprint density at radius 2 is 1.92 bits per heavy atom. The summed E-state index contributed by atoms with van der Waals surface area (Å²) < 4.78 is 5.33. The molecule has 0 spiro atoms. The maximum Gasteiger partial charge on any atom is 0.0586 e. The van der Waals surface area contributed by atoms with Crippen molar-refractivity contribution in [2.24, 2.45) is 5.73 Å². The van der Waals surface area contributed by atoms with Crippen LogP contribution < -0.4 is 11.1 Å². The van der Waals surface area contributed by atoms with E-state index in [1.807, 2.05) is 7.11 Å². The third-order valence-electron chi connectivity index (χ3n) is 3.36. The normalized spacial score (nSPS) is 44.8. The Morgan fingerprint density at radius 1 is 1.15 bits per heavy atom. The SMILES string of the molecule is COC1CCC(NC2CC(N)C2)C1. The zero-order chi connectivity index (χ0) is 9.26. The van der Waals surface area contributed by atoms with Crippen LogP contribution in [0.4, 0.5) is 0 Å². The first-order chi connectivity index (χ1) is 6.28. The molecule has 2 rings (SSSR count). The third kappa shape index (κ3) is 2.22. The van der Waals surface area contributed by atoms with Crippen LogP contribution in [0.25, 0.3) is 0 Å². The maximum atomic E-state index is 5.73. The molecule has 0 bridgehead atoms. The van der Waals surface area contributed by atoms with Gasteiger partial charge in [0.1, 0.15) is 0 Å². The Balaban J connectivity index is 1.66. The van der Waals surface area contributed by atoms with Gasteiger partial charge in [-0.05, 0) is 32.1 Å². The maximum absolute atomic E-state index is 5.73. The number of ether oxygens (including phenoxy) is 1. The molecule has 2 fully saturated rings. The minimum Gasteiger partial charge on any atom is -0.381 e. The predicted octanol–water partition coefficient (Wildman–Crippen LogP) is 0.633. The van der Waals surface area contributed by atoms with Crippen molar-refractivity contribution in [1.82, 2.24) is 5.32 Å². The summed E-state index contributed by atoms with van der Waals surface area (Å²) >= 11 is 0. The second-order valence-corrected chi connectivity index (χ2v) is 4.46. The average molecular weight is 184 g/mol. The molecule has 2 unspecified atom stereocenters. The van der Waals surface area contributed by atoms with E-state index in [2.05, 4.69) is 5.32 Å². The summed E-state index contributed by atoms with van der Waals surface area (Å²) in [5.41, 5.74) is 5.73. The minimum atomic E-state index is 0.456. The number of hydrogen-bond acceptors (Lipinski definition) is 3. The summed E-state index contributed by atoms with van der Waals surface area (Å²) in [5.74, 6) is 0. The van der Waals surface area contributed by atoms with Gasteiger partial charge >= 0.3 is 0 Å². The average Bonchev–Trinajstić information content (AvgIpc) is 2.50. The van der Waals surface area contributed by atoms with Crippen LogP contribution in [-0.4, -0.2) is 31.3 Å². The fourth-order valence-corrected chi connectivity index (χ4v) is 2.44. The Labute approximate surface area is 80.0 Å². The van der Waals surface area contributed by atoms with Crippen molar-refractivity contribution in [1.29, 1.82) is 0 Å². The zero-order valence-corrected chi connectivity index (χ0v) is 8.33. The smallest absolute Gasteiger partial charge is 0.0586 e. The van der Waals surface area contributed by atoms with Crippen molar-refractivity contribution >= 4 is 0 Å². The fraction of sp³-hybridized carbons (Fsp3) is 1.00. The Bertz CT molecular complexity index is 168. The molecule has 13 heavy (non-hydrogen) atoms. The van der Waals surface area contributed by atoms with E-state index in [1.54, 1.807) is 0 Å². The minimum absolute atomic E-state index is 0.456. The van der Waals surface area contributed by atoms with Gasteiger partial charge in [0.2, 0.25) is 0 Å². The molecule has 0 aromatic rings. The second-order valence-electron chi connectivity index (χ2n) is 4.46. The van der Waals surface area contributed by atoms with Gasteiger partial charge in [-0.2, -0.15) is 0 Å². The highest BCUT2D eigenvalue weighted by molar-refractivity contribution is 4.92.